The van der Waals surface area contributed by atoms with Crippen LogP contribution < -0.4 is 5.32 Å². The third kappa shape index (κ3) is 4.80. The highest BCUT2D eigenvalue weighted by molar-refractivity contribution is 5.69. The van der Waals surface area contributed by atoms with Crippen LogP contribution >= 0.6 is 0 Å². The van der Waals surface area contributed by atoms with Crippen molar-refractivity contribution in [2.24, 2.45) is 0 Å². The van der Waals surface area contributed by atoms with Gasteiger partial charge in [0.1, 0.15) is 28.8 Å². The van der Waals surface area contributed by atoms with Gasteiger partial charge in [-0.2, -0.15) is 5.26 Å². The summed E-state index contributed by atoms with van der Waals surface area (Å²) < 4.78 is 7.40. The quantitative estimate of drug-likeness (QED) is 0.665. The molecule has 0 saturated carbocycles. The van der Waals surface area contributed by atoms with Crippen molar-refractivity contribution in [3.8, 4) is 17.6 Å². The Morgan fingerprint density at radius 2 is 2.12 bits per heavy atom. The Morgan fingerprint density at radius 1 is 1.28 bits per heavy atom. The van der Waals surface area contributed by atoms with Gasteiger partial charge in [0.25, 0.3) is 0 Å². The second kappa shape index (κ2) is 8.83. The van der Waals surface area contributed by atoms with Gasteiger partial charge in [-0.05, 0) is 58.2 Å². The Morgan fingerprint density at radius 3 is 2.91 bits per heavy atom. The molecule has 3 aromatic rings. The van der Waals surface area contributed by atoms with Crippen LogP contribution in [0.5, 0.6) is 0 Å². The predicted molar refractivity (Wildman–Crippen MR) is 120 cm³/mol. The maximum Gasteiger partial charge on any atom is 0.410 e. The van der Waals surface area contributed by atoms with E-state index in [9.17, 15) is 10.1 Å². The molecule has 1 saturated heterocycles. The fourth-order valence-corrected chi connectivity index (χ4v) is 3.79. The highest BCUT2D eigenvalue weighted by Crippen LogP contribution is 2.22. The minimum atomic E-state index is -0.520. The predicted octanol–water partition coefficient (Wildman–Crippen LogP) is 3.86. The summed E-state index contributed by atoms with van der Waals surface area (Å²) in [5.74, 6) is 1.17. The first kappa shape index (κ1) is 21.6. The number of pyridine rings is 1. The first-order valence-electron chi connectivity index (χ1n) is 10.8. The third-order valence-electron chi connectivity index (χ3n) is 5.29. The van der Waals surface area contributed by atoms with E-state index in [0.717, 1.165) is 24.9 Å². The number of hydrogen-bond acceptors (Lipinski definition) is 7. The van der Waals surface area contributed by atoms with Crippen LogP contribution in [0.15, 0.2) is 36.8 Å². The number of piperidine rings is 1. The van der Waals surface area contributed by atoms with Gasteiger partial charge in [-0.25, -0.2) is 19.7 Å². The fourth-order valence-electron chi connectivity index (χ4n) is 3.79. The molecule has 0 spiro atoms. The summed E-state index contributed by atoms with van der Waals surface area (Å²) in [6.45, 7) is 6.90. The van der Waals surface area contributed by atoms with Crippen molar-refractivity contribution in [2.45, 2.75) is 51.7 Å². The Kier molecular flexibility index (Phi) is 5.95. The molecule has 0 aliphatic carbocycles. The molecule has 9 heteroatoms. The number of ether oxygens (including phenoxy) is 1. The summed E-state index contributed by atoms with van der Waals surface area (Å²) in [6.07, 6.45) is 7.80. The van der Waals surface area contributed by atoms with Crippen LogP contribution in [-0.2, 0) is 4.74 Å². The van der Waals surface area contributed by atoms with Crippen LogP contribution in [0.3, 0.4) is 0 Å². The molecule has 1 unspecified atom stereocenters. The lowest BCUT2D eigenvalue weighted by Gasteiger charge is -2.36. The van der Waals surface area contributed by atoms with Crippen molar-refractivity contribution in [2.75, 3.05) is 18.4 Å². The van der Waals surface area contributed by atoms with Crippen LogP contribution in [-0.4, -0.2) is 55.1 Å². The van der Waals surface area contributed by atoms with Crippen molar-refractivity contribution in [1.82, 2.24) is 24.3 Å². The molecule has 0 radical (unpaired) electrons. The number of nitriles is 1. The van der Waals surface area contributed by atoms with Crippen LogP contribution in [0.4, 0.5) is 10.6 Å². The lowest BCUT2D eigenvalue weighted by atomic mass is 10.0. The molecule has 1 atom stereocenters. The van der Waals surface area contributed by atoms with Crippen molar-refractivity contribution >= 4 is 17.6 Å². The SMILES string of the molecule is CC(C)(C)OC(=O)N1CCCCC1CNc1ccnc(-c2cnc3ccc(C#N)cn23)n1. The molecule has 9 nitrogen and oxygen atoms in total. The van der Waals surface area contributed by atoms with E-state index in [1.165, 1.54) is 0 Å². The normalized spacial score (nSPS) is 16.6. The van der Waals surface area contributed by atoms with Gasteiger partial charge in [-0.3, -0.25) is 4.40 Å². The summed E-state index contributed by atoms with van der Waals surface area (Å²) >= 11 is 0. The van der Waals surface area contributed by atoms with Gasteiger partial charge in [0, 0.05) is 25.5 Å². The number of hydrogen-bond donors (Lipinski definition) is 1. The van der Waals surface area contributed by atoms with Crippen LogP contribution in [0.1, 0.15) is 45.6 Å². The molecule has 0 bridgehead atoms. The first-order valence-corrected chi connectivity index (χ1v) is 10.8. The number of aromatic nitrogens is 4. The molecule has 3 aromatic heterocycles. The molecule has 1 aliphatic rings. The van der Waals surface area contributed by atoms with Gasteiger partial charge >= 0.3 is 6.09 Å². The van der Waals surface area contributed by atoms with E-state index < -0.39 is 5.60 Å². The van der Waals surface area contributed by atoms with Crippen LogP contribution in [0.25, 0.3) is 17.2 Å². The van der Waals surface area contributed by atoms with E-state index in [4.69, 9.17) is 4.74 Å². The summed E-state index contributed by atoms with van der Waals surface area (Å²) in [5, 5.41) is 12.5. The molecule has 32 heavy (non-hydrogen) atoms. The smallest absolute Gasteiger partial charge is 0.410 e. The van der Waals surface area contributed by atoms with Gasteiger partial charge in [0.2, 0.25) is 0 Å². The number of carbonyl (C=O) groups is 1. The third-order valence-corrected chi connectivity index (χ3v) is 5.29. The van der Waals surface area contributed by atoms with Gasteiger partial charge in [0.15, 0.2) is 5.82 Å². The van der Waals surface area contributed by atoms with Crippen molar-refractivity contribution in [3.05, 3.63) is 42.4 Å². The zero-order valence-corrected chi connectivity index (χ0v) is 18.6. The highest BCUT2D eigenvalue weighted by Gasteiger charge is 2.30. The average Bonchev–Trinajstić information content (AvgIpc) is 3.20. The lowest BCUT2D eigenvalue weighted by molar-refractivity contribution is 0.0114. The molecule has 166 valence electrons. The van der Waals surface area contributed by atoms with E-state index in [-0.39, 0.29) is 12.1 Å². The van der Waals surface area contributed by atoms with E-state index in [1.807, 2.05) is 30.1 Å². The van der Waals surface area contributed by atoms with Crippen molar-refractivity contribution in [1.29, 1.82) is 5.26 Å². The summed E-state index contributed by atoms with van der Waals surface area (Å²) in [7, 11) is 0. The summed E-state index contributed by atoms with van der Waals surface area (Å²) in [5.41, 5.74) is 1.43. The molecule has 1 N–H and O–H groups in total. The molecule has 1 aliphatic heterocycles. The number of fused-ring (bicyclic) bond motifs is 1. The second-order valence-corrected chi connectivity index (χ2v) is 8.87. The molecule has 1 fully saturated rings. The monoisotopic (exact) mass is 433 g/mol. The van der Waals surface area contributed by atoms with Gasteiger partial charge in [0.05, 0.1) is 17.8 Å². The highest BCUT2D eigenvalue weighted by atomic mass is 16.6. The van der Waals surface area contributed by atoms with E-state index in [0.29, 0.717) is 36.0 Å². The average molecular weight is 434 g/mol. The zero-order valence-electron chi connectivity index (χ0n) is 18.6. The molecular formula is C23H27N7O2. The van der Waals surface area contributed by atoms with E-state index in [2.05, 4.69) is 26.3 Å². The van der Waals surface area contributed by atoms with Gasteiger partial charge in [-0.1, -0.05) is 0 Å². The maximum absolute atomic E-state index is 12.6. The molecule has 0 aromatic carbocycles. The minimum absolute atomic E-state index is 0.0333. The zero-order chi connectivity index (χ0) is 22.7. The Labute approximate surface area is 187 Å². The molecule has 4 heterocycles. The van der Waals surface area contributed by atoms with Crippen molar-refractivity contribution < 1.29 is 9.53 Å². The standard InChI is InChI=1S/C23H27N7O2/c1-23(2,3)32-22(31)29-11-5-4-6-17(29)13-26-19-9-10-25-21(28-19)18-14-27-20-8-7-16(12-24)15-30(18)20/h7-10,14-15,17H,4-6,11,13H2,1-3H3,(H,25,26,28). The number of rotatable bonds is 4. The van der Waals surface area contributed by atoms with Crippen LogP contribution in [0.2, 0.25) is 0 Å². The lowest BCUT2D eigenvalue weighted by Crippen LogP contribution is -2.48. The maximum atomic E-state index is 12.6. The first-order chi connectivity index (χ1) is 15.3. The Hall–Kier alpha value is -3.67. The number of anilines is 1. The minimum Gasteiger partial charge on any atom is -0.444 e. The van der Waals surface area contributed by atoms with Crippen LogP contribution in [0, 0.1) is 11.3 Å². The van der Waals surface area contributed by atoms with Gasteiger partial charge < -0.3 is 15.0 Å². The Bertz CT molecular complexity index is 1160. The summed E-state index contributed by atoms with van der Waals surface area (Å²) in [4.78, 5) is 27.9. The molecule has 4 rings (SSSR count). The number of amides is 1. The van der Waals surface area contributed by atoms with Gasteiger partial charge in [-0.15, -0.1) is 0 Å². The fraction of sp³-hybridized carbons (Fsp3) is 0.435. The Balaban J connectivity index is 1.50. The number of likely N-dealkylation sites (tertiary alicyclic amines) is 1. The molecular weight excluding hydrogens is 406 g/mol. The summed E-state index contributed by atoms with van der Waals surface area (Å²) in [6, 6.07) is 7.49. The second-order valence-electron chi connectivity index (χ2n) is 8.87. The van der Waals surface area contributed by atoms with Crippen molar-refractivity contribution in [3.63, 3.8) is 0 Å². The molecule has 1 amide bonds. The largest absolute Gasteiger partial charge is 0.444 e. The van der Waals surface area contributed by atoms with E-state index in [1.54, 1.807) is 36.8 Å². The number of carbonyl (C=O) groups excluding carboxylic acids is 1. The number of nitrogens with zero attached hydrogens (tertiary/aromatic N) is 6. The topological polar surface area (TPSA) is 108 Å². The number of nitrogens with one attached hydrogen (secondary N) is 1. The number of imidazole rings is 1. The van der Waals surface area contributed by atoms with E-state index >= 15 is 0 Å².